The zero-order valence-corrected chi connectivity index (χ0v) is 19.0. The van der Waals surface area contributed by atoms with Crippen LogP contribution in [0.5, 0.6) is 11.5 Å². The Kier molecular flexibility index (Phi) is 6.42. The van der Waals surface area contributed by atoms with Gasteiger partial charge in [0, 0.05) is 18.0 Å². The van der Waals surface area contributed by atoms with Gasteiger partial charge < -0.3 is 24.1 Å². The first kappa shape index (κ1) is 22.6. The molecule has 1 fully saturated rings. The number of pyridine rings is 1. The molecule has 0 aliphatic carbocycles. The molecule has 2 aromatic heterocycles. The van der Waals surface area contributed by atoms with Gasteiger partial charge in [-0.25, -0.2) is 14.5 Å². The second kappa shape index (κ2) is 9.96. The van der Waals surface area contributed by atoms with Gasteiger partial charge in [0.1, 0.15) is 18.1 Å². The highest BCUT2D eigenvalue weighted by molar-refractivity contribution is 5.87. The van der Waals surface area contributed by atoms with E-state index in [1.165, 1.54) is 23.0 Å². The number of hydrogen-bond acceptors (Lipinski definition) is 7. The number of hydrogen-bond donors (Lipinski definition) is 1. The van der Waals surface area contributed by atoms with Gasteiger partial charge in [-0.2, -0.15) is 5.10 Å². The predicted octanol–water partition coefficient (Wildman–Crippen LogP) is 4.27. The summed E-state index contributed by atoms with van der Waals surface area (Å²) in [4.78, 5) is 15.6. The molecule has 1 saturated heterocycles. The zero-order chi connectivity index (χ0) is 24.2. The second-order valence-electron chi connectivity index (χ2n) is 7.78. The average molecular weight is 473 g/mol. The normalized spacial score (nSPS) is 13.6. The topological polar surface area (TPSA) is 105 Å². The first-order chi connectivity index (χ1) is 17.1. The lowest BCUT2D eigenvalue weighted by Crippen LogP contribution is -2.07. The lowest BCUT2D eigenvalue weighted by Gasteiger charge is -2.19. The largest absolute Gasteiger partial charge is 0.497 e. The summed E-state index contributed by atoms with van der Waals surface area (Å²) < 4.78 is 24.6. The summed E-state index contributed by atoms with van der Waals surface area (Å²) in [7, 11) is 1.63. The lowest BCUT2D eigenvalue weighted by molar-refractivity contribution is -0.0454. The number of ether oxygens (including phenoxy) is 4. The van der Waals surface area contributed by atoms with Gasteiger partial charge in [0.05, 0.1) is 37.1 Å². The van der Waals surface area contributed by atoms with E-state index in [2.05, 4.69) is 10.1 Å². The predicted molar refractivity (Wildman–Crippen MR) is 126 cm³/mol. The van der Waals surface area contributed by atoms with Gasteiger partial charge in [-0.1, -0.05) is 24.3 Å². The van der Waals surface area contributed by atoms with E-state index in [0.717, 1.165) is 22.4 Å². The number of rotatable bonds is 8. The summed E-state index contributed by atoms with van der Waals surface area (Å²) in [6.45, 7) is 1.32. The van der Waals surface area contributed by atoms with Crippen LogP contribution in [0, 0.1) is 0 Å². The van der Waals surface area contributed by atoms with Crippen molar-refractivity contribution in [2.24, 2.45) is 0 Å². The molecule has 9 heteroatoms. The van der Waals surface area contributed by atoms with Crippen molar-refractivity contribution in [3.05, 3.63) is 89.7 Å². The first-order valence-corrected chi connectivity index (χ1v) is 11.0. The fourth-order valence-corrected chi connectivity index (χ4v) is 3.82. The van der Waals surface area contributed by atoms with Crippen molar-refractivity contribution in [3.8, 4) is 28.6 Å². The molecule has 0 radical (unpaired) electrons. The molecule has 178 valence electrons. The van der Waals surface area contributed by atoms with Crippen LogP contribution in [-0.4, -0.2) is 46.2 Å². The number of methoxy groups -OCH3 is 1. The van der Waals surface area contributed by atoms with E-state index in [1.807, 2.05) is 48.5 Å². The smallest absolute Gasteiger partial charge is 0.335 e. The number of nitrogens with zero attached hydrogens (tertiary/aromatic N) is 3. The molecule has 0 unspecified atom stereocenters. The number of carboxylic acids is 1. The maximum absolute atomic E-state index is 11.3. The third-order valence-corrected chi connectivity index (χ3v) is 5.57. The molecule has 0 amide bonds. The number of benzene rings is 2. The Morgan fingerprint density at radius 2 is 1.91 bits per heavy atom. The Labute approximate surface area is 201 Å². The summed E-state index contributed by atoms with van der Waals surface area (Å²) >= 11 is 0. The average Bonchev–Trinajstić information content (AvgIpc) is 3.60. The van der Waals surface area contributed by atoms with Crippen LogP contribution < -0.4 is 9.47 Å². The van der Waals surface area contributed by atoms with Crippen LogP contribution in [0.25, 0.3) is 17.1 Å². The molecule has 9 nitrogen and oxygen atoms in total. The number of aromatic carboxylic acids is 1. The van der Waals surface area contributed by atoms with Gasteiger partial charge in [0.25, 0.3) is 0 Å². The van der Waals surface area contributed by atoms with Crippen LogP contribution in [0.1, 0.15) is 27.8 Å². The summed E-state index contributed by atoms with van der Waals surface area (Å²) in [6, 6.07) is 18.1. The minimum absolute atomic E-state index is 0.134. The van der Waals surface area contributed by atoms with Crippen molar-refractivity contribution in [2.75, 3.05) is 20.3 Å². The third kappa shape index (κ3) is 4.86. The highest BCUT2D eigenvalue weighted by Gasteiger charge is 2.27. The second-order valence-corrected chi connectivity index (χ2v) is 7.78. The first-order valence-electron chi connectivity index (χ1n) is 11.0. The van der Waals surface area contributed by atoms with E-state index in [9.17, 15) is 9.90 Å². The van der Waals surface area contributed by atoms with E-state index in [0.29, 0.717) is 37.1 Å². The summed E-state index contributed by atoms with van der Waals surface area (Å²) in [6.07, 6.45) is 2.59. The van der Waals surface area contributed by atoms with E-state index in [-0.39, 0.29) is 5.56 Å². The van der Waals surface area contributed by atoms with Crippen LogP contribution in [-0.2, 0) is 16.1 Å². The zero-order valence-electron chi connectivity index (χ0n) is 19.0. The summed E-state index contributed by atoms with van der Waals surface area (Å²) in [5.41, 5.74) is 3.31. The molecule has 3 heterocycles. The Hall–Kier alpha value is -4.21. The quantitative estimate of drug-likeness (QED) is 0.405. The summed E-state index contributed by atoms with van der Waals surface area (Å²) in [5.74, 6) is 0.785. The monoisotopic (exact) mass is 473 g/mol. The van der Waals surface area contributed by atoms with Gasteiger partial charge in [0.15, 0.2) is 12.1 Å². The Morgan fingerprint density at radius 1 is 1.11 bits per heavy atom. The van der Waals surface area contributed by atoms with Crippen LogP contribution in [0.3, 0.4) is 0 Å². The molecular weight excluding hydrogens is 450 g/mol. The fraction of sp³-hybridized carbons (Fsp3) is 0.192. The van der Waals surface area contributed by atoms with Crippen LogP contribution in [0.15, 0.2) is 73.1 Å². The van der Waals surface area contributed by atoms with Gasteiger partial charge in [-0.3, -0.25) is 0 Å². The minimum Gasteiger partial charge on any atom is -0.497 e. The van der Waals surface area contributed by atoms with Crippen molar-refractivity contribution in [3.63, 3.8) is 0 Å². The van der Waals surface area contributed by atoms with E-state index in [1.54, 1.807) is 13.3 Å². The third-order valence-electron chi connectivity index (χ3n) is 5.57. The van der Waals surface area contributed by atoms with Crippen molar-refractivity contribution in [1.82, 2.24) is 14.8 Å². The van der Waals surface area contributed by atoms with E-state index < -0.39 is 12.3 Å². The molecule has 0 atom stereocenters. The Bertz CT molecular complexity index is 1330. The molecule has 35 heavy (non-hydrogen) atoms. The van der Waals surface area contributed by atoms with Crippen LogP contribution in [0.4, 0.5) is 0 Å². The maximum Gasteiger partial charge on any atom is 0.335 e. The van der Waals surface area contributed by atoms with Crippen molar-refractivity contribution in [2.45, 2.75) is 12.9 Å². The molecule has 2 aromatic carbocycles. The molecule has 1 aliphatic heterocycles. The van der Waals surface area contributed by atoms with Gasteiger partial charge in [-0.05, 0) is 42.0 Å². The fourth-order valence-electron chi connectivity index (χ4n) is 3.82. The van der Waals surface area contributed by atoms with Crippen LogP contribution in [0.2, 0.25) is 0 Å². The lowest BCUT2D eigenvalue weighted by atomic mass is 10.0. The molecule has 1 aliphatic rings. The van der Waals surface area contributed by atoms with E-state index >= 15 is 0 Å². The van der Waals surface area contributed by atoms with E-state index in [4.69, 9.17) is 18.9 Å². The van der Waals surface area contributed by atoms with Crippen LogP contribution >= 0.6 is 0 Å². The highest BCUT2D eigenvalue weighted by atomic mass is 16.7. The molecule has 0 spiro atoms. The minimum atomic E-state index is -1.03. The Balaban J connectivity index is 1.47. The standard InChI is InChI=1S/C26H23N3O6/c1-32-19-7-5-17(6-8-19)16-35-22-4-2-3-20(24(22)26-33-13-14-34-26)21-10-12-29(28-21)23-15-18(25(30)31)9-11-27-23/h2-12,15,26H,13-14,16H2,1H3,(H,30,31). The molecule has 1 N–H and O–H groups in total. The summed E-state index contributed by atoms with van der Waals surface area (Å²) in [5, 5.41) is 13.9. The van der Waals surface area contributed by atoms with Gasteiger partial charge in [-0.15, -0.1) is 0 Å². The van der Waals surface area contributed by atoms with Gasteiger partial charge >= 0.3 is 5.97 Å². The molecule has 5 rings (SSSR count). The number of carbonyl (C=O) groups is 1. The van der Waals surface area contributed by atoms with Crippen molar-refractivity contribution >= 4 is 5.97 Å². The number of aromatic nitrogens is 3. The van der Waals surface area contributed by atoms with Crippen molar-refractivity contribution in [1.29, 1.82) is 0 Å². The van der Waals surface area contributed by atoms with Crippen molar-refractivity contribution < 1.29 is 28.8 Å². The Morgan fingerprint density at radius 3 is 2.66 bits per heavy atom. The van der Waals surface area contributed by atoms with Gasteiger partial charge in [0.2, 0.25) is 0 Å². The SMILES string of the molecule is COc1ccc(COc2cccc(-c3ccn(-c4cc(C(=O)O)ccn4)n3)c2C2OCCO2)cc1. The molecular formula is C26H23N3O6. The number of carboxylic acid groups (broad SMARTS) is 1. The molecule has 0 saturated carbocycles. The maximum atomic E-state index is 11.3. The highest BCUT2D eigenvalue weighted by Crippen LogP contribution is 2.39. The molecule has 4 aromatic rings. The molecule has 0 bridgehead atoms.